The summed E-state index contributed by atoms with van der Waals surface area (Å²) in [7, 11) is 0. The summed E-state index contributed by atoms with van der Waals surface area (Å²) in [6.45, 7) is 7.61. The van der Waals surface area contributed by atoms with Crippen LogP contribution in [0.25, 0.3) is 21.8 Å². The van der Waals surface area contributed by atoms with Crippen molar-refractivity contribution >= 4 is 56.2 Å². The van der Waals surface area contributed by atoms with Crippen LogP contribution in [0.4, 0.5) is 5.69 Å². The molecular weight excluding hydrogens is 468 g/mol. The second-order valence-electron chi connectivity index (χ2n) is 8.67. The van der Waals surface area contributed by atoms with E-state index in [0.717, 1.165) is 28.7 Å². The van der Waals surface area contributed by atoms with Gasteiger partial charge in [-0.05, 0) is 36.8 Å². The second-order valence-corrected chi connectivity index (χ2v) is 9.84. The molecule has 1 aromatic heterocycles. The van der Waals surface area contributed by atoms with Crippen molar-refractivity contribution in [2.24, 2.45) is 4.99 Å². The molecule has 2 heterocycles. The predicted molar refractivity (Wildman–Crippen MR) is 148 cm³/mol. The molecule has 4 aromatic rings. The first-order valence-electron chi connectivity index (χ1n) is 12.1. The maximum atomic E-state index is 13.1. The van der Waals surface area contributed by atoms with E-state index in [1.807, 2.05) is 42.5 Å². The van der Waals surface area contributed by atoms with Crippen molar-refractivity contribution in [3.8, 4) is 0 Å². The summed E-state index contributed by atoms with van der Waals surface area (Å²) >= 11 is 1.34. The number of amides is 2. The van der Waals surface area contributed by atoms with Gasteiger partial charge in [0.2, 0.25) is 11.8 Å². The first-order valence-corrected chi connectivity index (χ1v) is 13.0. The number of fused-ring (bicyclic) bond motifs is 3. The number of hydrogen-bond acceptors (Lipinski definition) is 4. The molecule has 1 atom stereocenters. The molecule has 1 N–H and O–H groups in total. The quantitative estimate of drug-likeness (QED) is 0.321. The fourth-order valence-electron chi connectivity index (χ4n) is 4.62. The van der Waals surface area contributed by atoms with E-state index in [1.54, 1.807) is 11.0 Å². The molecule has 0 aliphatic carbocycles. The van der Waals surface area contributed by atoms with Crippen molar-refractivity contribution in [3.63, 3.8) is 0 Å². The number of rotatable bonds is 8. The van der Waals surface area contributed by atoms with Crippen LogP contribution in [-0.4, -0.2) is 38.2 Å². The second kappa shape index (κ2) is 10.4. The SMILES string of the molecule is C=CCN1C(=O)C(CC(=O)NCc2ccccc2)SC1=Nc1ccc2c(c1)c1ccccc1n2CC. The van der Waals surface area contributed by atoms with Gasteiger partial charge in [0, 0.05) is 47.9 Å². The van der Waals surface area contributed by atoms with E-state index < -0.39 is 5.25 Å². The first-order chi connectivity index (χ1) is 17.6. The fourth-order valence-corrected chi connectivity index (χ4v) is 5.79. The maximum absolute atomic E-state index is 13.1. The number of nitrogens with one attached hydrogen (secondary N) is 1. The normalized spacial score (nSPS) is 16.8. The third-order valence-electron chi connectivity index (χ3n) is 6.33. The average molecular weight is 497 g/mol. The van der Waals surface area contributed by atoms with Crippen LogP contribution >= 0.6 is 11.8 Å². The van der Waals surface area contributed by atoms with Gasteiger partial charge in [-0.25, -0.2) is 4.99 Å². The molecule has 1 aliphatic heterocycles. The molecule has 1 unspecified atom stereocenters. The Kier molecular flexibility index (Phi) is 6.91. The number of carbonyl (C=O) groups is 2. The molecule has 182 valence electrons. The lowest BCUT2D eigenvalue weighted by atomic mass is 10.1. The minimum atomic E-state index is -0.509. The first kappa shape index (κ1) is 23.9. The number of aliphatic imine (C=N–C) groups is 1. The van der Waals surface area contributed by atoms with E-state index in [4.69, 9.17) is 4.99 Å². The van der Waals surface area contributed by atoms with Gasteiger partial charge < -0.3 is 9.88 Å². The van der Waals surface area contributed by atoms with Gasteiger partial charge in [-0.3, -0.25) is 14.5 Å². The number of nitrogens with zero attached hydrogens (tertiary/aromatic N) is 3. The fraction of sp³-hybridized carbons (Fsp3) is 0.207. The third kappa shape index (κ3) is 4.66. The van der Waals surface area contributed by atoms with E-state index in [9.17, 15) is 9.59 Å². The lowest BCUT2D eigenvalue weighted by Gasteiger charge is -2.14. The molecular formula is C29H28N4O2S. The summed E-state index contributed by atoms with van der Waals surface area (Å²) in [6, 6.07) is 24.2. The van der Waals surface area contributed by atoms with Crippen LogP contribution in [0.15, 0.2) is 90.4 Å². The molecule has 1 saturated heterocycles. The zero-order valence-corrected chi connectivity index (χ0v) is 21.0. The van der Waals surface area contributed by atoms with Crippen LogP contribution < -0.4 is 5.32 Å². The number of amidine groups is 1. The highest BCUT2D eigenvalue weighted by Crippen LogP contribution is 2.35. The van der Waals surface area contributed by atoms with Gasteiger partial charge in [0.1, 0.15) is 5.25 Å². The predicted octanol–water partition coefficient (Wildman–Crippen LogP) is 5.64. The molecule has 1 aliphatic rings. The van der Waals surface area contributed by atoms with Crippen LogP contribution in [0.2, 0.25) is 0 Å². The maximum Gasteiger partial charge on any atom is 0.242 e. The molecule has 36 heavy (non-hydrogen) atoms. The van der Waals surface area contributed by atoms with Crippen molar-refractivity contribution in [2.75, 3.05) is 6.54 Å². The Hall–Kier alpha value is -3.84. The summed E-state index contributed by atoms with van der Waals surface area (Å²) in [5.74, 6) is -0.268. The lowest BCUT2D eigenvalue weighted by molar-refractivity contribution is -0.129. The summed E-state index contributed by atoms with van der Waals surface area (Å²) in [4.78, 5) is 32.2. The Labute approximate surface area is 214 Å². The third-order valence-corrected chi connectivity index (χ3v) is 7.51. The van der Waals surface area contributed by atoms with E-state index in [1.165, 1.54) is 22.7 Å². The molecule has 6 nitrogen and oxygen atoms in total. The number of para-hydroxylation sites is 1. The van der Waals surface area contributed by atoms with Gasteiger partial charge in [-0.15, -0.1) is 6.58 Å². The minimum absolute atomic E-state index is 0.103. The number of carbonyl (C=O) groups excluding carboxylic acids is 2. The summed E-state index contributed by atoms with van der Waals surface area (Å²) in [5, 5.41) is 5.32. The molecule has 3 aromatic carbocycles. The van der Waals surface area contributed by atoms with Gasteiger partial charge in [0.15, 0.2) is 5.17 Å². The van der Waals surface area contributed by atoms with Gasteiger partial charge >= 0.3 is 0 Å². The van der Waals surface area contributed by atoms with Crippen LogP contribution in [0.5, 0.6) is 0 Å². The number of aromatic nitrogens is 1. The van der Waals surface area contributed by atoms with Crippen molar-refractivity contribution in [1.29, 1.82) is 0 Å². The van der Waals surface area contributed by atoms with Gasteiger partial charge in [0.05, 0.1) is 5.69 Å². The Morgan fingerprint density at radius 2 is 1.81 bits per heavy atom. The topological polar surface area (TPSA) is 66.7 Å². The Balaban J connectivity index is 1.38. The van der Waals surface area contributed by atoms with E-state index in [2.05, 4.69) is 53.7 Å². The molecule has 0 radical (unpaired) electrons. The molecule has 7 heteroatoms. The number of benzene rings is 3. The molecule has 0 bridgehead atoms. The average Bonchev–Trinajstić information content (AvgIpc) is 3.37. The molecule has 0 saturated carbocycles. The minimum Gasteiger partial charge on any atom is -0.352 e. The monoisotopic (exact) mass is 496 g/mol. The van der Waals surface area contributed by atoms with Crippen molar-refractivity contribution in [1.82, 2.24) is 14.8 Å². The van der Waals surface area contributed by atoms with Crippen LogP contribution in [0.3, 0.4) is 0 Å². The van der Waals surface area contributed by atoms with Crippen LogP contribution in [-0.2, 0) is 22.7 Å². The van der Waals surface area contributed by atoms with E-state index >= 15 is 0 Å². The highest BCUT2D eigenvalue weighted by atomic mass is 32.2. The largest absolute Gasteiger partial charge is 0.352 e. The molecule has 1 fully saturated rings. The zero-order chi connectivity index (χ0) is 25.1. The van der Waals surface area contributed by atoms with Gasteiger partial charge in [-0.1, -0.05) is 66.4 Å². The Morgan fingerprint density at radius 3 is 2.58 bits per heavy atom. The lowest BCUT2D eigenvalue weighted by Crippen LogP contribution is -2.34. The smallest absolute Gasteiger partial charge is 0.242 e. The summed E-state index contributed by atoms with van der Waals surface area (Å²) in [5.41, 5.74) is 4.15. The molecule has 0 spiro atoms. The van der Waals surface area contributed by atoms with Crippen LogP contribution in [0, 0.1) is 0 Å². The Bertz CT molecular complexity index is 1470. The highest BCUT2D eigenvalue weighted by molar-refractivity contribution is 8.15. The van der Waals surface area contributed by atoms with Gasteiger partial charge in [-0.2, -0.15) is 0 Å². The van der Waals surface area contributed by atoms with Crippen molar-refractivity contribution in [3.05, 3.63) is 91.0 Å². The van der Waals surface area contributed by atoms with E-state index in [-0.39, 0.29) is 18.2 Å². The van der Waals surface area contributed by atoms with Crippen molar-refractivity contribution in [2.45, 2.75) is 31.7 Å². The van der Waals surface area contributed by atoms with Crippen LogP contribution in [0.1, 0.15) is 18.9 Å². The summed E-state index contributed by atoms with van der Waals surface area (Å²) < 4.78 is 2.30. The Morgan fingerprint density at radius 1 is 1.06 bits per heavy atom. The summed E-state index contributed by atoms with van der Waals surface area (Å²) in [6.07, 6.45) is 1.79. The van der Waals surface area contributed by atoms with E-state index in [0.29, 0.717) is 18.3 Å². The van der Waals surface area contributed by atoms with Crippen molar-refractivity contribution < 1.29 is 9.59 Å². The zero-order valence-electron chi connectivity index (χ0n) is 20.2. The number of thioether (sulfide) groups is 1. The number of aryl methyl sites for hydroxylation is 1. The molecule has 2 amide bonds. The molecule has 5 rings (SSSR count). The highest BCUT2D eigenvalue weighted by Gasteiger charge is 2.38. The standard InChI is InChI=1S/C29H28N4O2S/c1-3-16-33-28(35)26(18-27(34)30-19-20-10-6-5-7-11-20)36-29(33)31-21-14-15-25-23(17-21)22-12-8-9-13-24(22)32(25)4-2/h3,5-15,17,26H,1,4,16,18-19H2,2H3,(H,30,34). The number of hydrogen-bond donors (Lipinski definition) is 1. The van der Waals surface area contributed by atoms with Gasteiger partial charge in [0.25, 0.3) is 0 Å².